The van der Waals surface area contributed by atoms with Crippen LogP contribution in [0.3, 0.4) is 0 Å². The van der Waals surface area contributed by atoms with Crippen molar-refractivity contribution in [3.63, 3.8) is 0 Å². The van der Waals surface area contributed by atoms with Crippen LogP contribution in [0.5, 0.6) is 5.75 Å². The molecule has 0 saturated carbocycles. The first-order chi connectivity index (χ1) is 13.6. The van der Waals surface area contributed by atoms with E-state index >= 15 is 0 Å². The van der Waals surface area contributed by atoms with E-state index in [1.165, 1.54) is 4.31 Å². The van der Waals surface area contributed by atoms with Crippen molar-refractivity contribution >= 4 is 10.2 Å². The predicted molar refractivity (Wildman–Crippen MR) is 104 cm³/mol. The van der Waals surface area contributed by atoms with Crippen molar-refractivity contribution in [2.24, 2.45) is 0 Å². The molecule has 2 aliphatic rings. The Balaban J connectivity index is 1.55. The smallest absolute Gasteiger partial charge is 0.282 e. The molecule has 28 heavy (non-hydrogen) atoms. The van der Waals surface area contributed by atoms with Crippen LogP contribution in [0.4, 0.5) is 0 Å². The van der Waals surface area contributed by atoms with Gasteiger partial charge in [0, 0.05) is 31.7 Å². The van der Waals surface area contributed by atoms with Crippen molar-refractivity contribution < 1.29 is 17.9 Å². The highest BCUT2D eigenvalue weighted by Gasteiger charge is 2.36. The van der Waals surface area contributed by atoms with Gasteiger partial charge in [0.05, 0.1) is 37.5 Å². The Morgan fingerprint density at radius 3 is 2.75 bits per heavy atom. The second kappa shape index (κ2) is 8.12. The SMILES string of the molecule is COc1cccc(-c2cncc([C@H]3CN(S(=O)(=O)N4CCCC4)CCO3)n2)c1. The van der Waals surface area contributed by atoms with Gasteiger partial charge in [0.25, 0.3) is 10.2 Å². The lowest BCUT2D eigenvalue weighted by molar-refractivity contribution is -0.00660. The molecular formula is C19H24N4O4S. The molecule has 2 aliphatic heterocycles. The minimum Gasteiger partial charge on any atom is -0.497 e. The number of hydrogen-bond acceptors (Lipinski definition) is 6. The molecule has 3 heterocycles. The van der Waals surface area contributed by atoms with Gasteiger partial charge in [0.15, 0.2) is 0 Å². The van der Waals surface area contributed by atoms with E-state index in [2.05, 4.69) is 9.97 Å². The van der Waals surface area contributed by atoms with E-state index in [0.29, 0.717) is 37.6 Å². The molecule has 4 rings (SSSR count). The molecule has 2 aromatic rings. The van der Waals surface area contributed by atoms with Gasteiger partial charge in [-0.3, -0.25) is 4.98 Å². The molecule has 9 heteroatoms. The first-order valence-corrected chi connectivity index (χ1v) is 10.8. The van der Waals surface area contributed by atoms with Crippen LogP contribution in [0.1, 0.15) is 24.6 Å². The minimum absolute atomic E-state index is 0.245. The molecule has 2 saturated heterocycles. The summed E-state index contributed by atoms with van der Waals surface area (Å²) in [7, 11) is -1.83. The first-order valence-electron chi connectivity index (χ1n) is 9.41. The summed E-state index contributed by atoms with van der Waals surface area (Å²) >= 11 is 0. The van der Waals surface area contributed by atoms with Crippen LogP contribution in [-0.2, 0) is 14.9 Å². The fraction of sp³-hybridized carbons (Fsp3) is 0.474. The van der Waals surface area contributed by atoms with Crippen LogP contribution in [0.2, 0.25) is 0 Å². The summed E-state index contributed by atoms with van der Waals surface area (Å²) < 4.78 is 39.9. The van der Waals surface area contributed by atoms with E-state index in [4.69, 9.17) is 9.47 Å². The molecule has 0 unspecified atom stereocenters. The van der Waals surface area contributed by atoms with Gasteiger partial charge in [0.1, 0.15) is 11.9 Å². The third kappa shape index (κ3) is 3.88. The molecular weight excluding hydrogens is 380 g/mol. The van der Waals surface area contributed by atoms with Crippen LogP contribution in [0, 0.1) is 0 Å². The molecule has 0 N–H and O–H groups in total. The number of nitrogens with zero attached hydrogens (tertiary/aromatic N) is 4. The average Bonchev–Trinajstić information content (AvgIpc) is 3.30. The Bertz CT molecular complexity index is 931. The fourth-order valence-electron chi connectivity index (χ4n) is 3.55. The van der Waals surface area contributed by atoms with Crippen LogP contribution in [0.25, 0.3) is 11.3 Å². The van der Waals surface area contributed by atoms with Crippen molar-refractivity contribution in [3.05, 3.63) is 42.4 Å². The van der Waals surface area contributed by atoms with Gasteiger partial charge < -0.3 is 9.47 Å². The minimum atomic E-state index is -3.45. The van der Waals surface area contributed by atoms with Gasteiger partial charge in [-0.1, -0.05) is 12.1 Å². The Labute approximate surface area is 165 Å². The van der Waals surface area contributed by atoms with Crippen molar-refractivity contribution in [1.82, 2.24) is 18.6 Å². The maximum atomic E-state index is 12.9. The zero-order valence-electron chi connectivity index (χ0n) is 15.8. The highest BCUT2D eigenvalue weighted by atomic mass is 32.2. The number of ether oxygens (including phenoxy) is 2. The Kier molecular flexibility index (Phi) is 5.58. The van der Waals surface area contributed by atoms with Gasteiger partial charge in [-0.05, 0) is 25.0 Å². The van der Waals surface area contributed by atoms with E-state index in [9.17, 15) is 8.42 Å². The maximum absolute atomic E-state index is 12.9. The van der Waals surface area contributed by atoms with E-state index < -0.39 is 16.3 Å². The fourth-order valence-corrected chi connectivity index (χ4v) is 5.23. The van der Waals surface area contributed by atoms with Gasteiger partial charge in [0.2, 0.25) is 0 Å². The third-order valence-corrected chi connectivity index (χ3v) is 7.10. The Morgan fingerprint density at radius 2 is 1.96 bits per heavy atom. The summed E-state index contributed by atoms with van der Waals surface area (Å²) in [6.07, 6.45) is 4.71. The highest BCUT2D eigenvalue weighted by Crippen LogP contribution is 2.27. The molecule has 2 fully saturated rings. The van der Waals surface area contributed by atoms with E-state index in [-0.39, 0.29) is 6.54 Å². The predicted octanol–water partition coefficient (Wildman–Crippen LogP) is 1.87. The molecule has 150 valence electrons. The molecule has 0 spiro atoms. The van der Waals surface area contributed by atoms with Crippen LogP contribution < -0.4 is 4.74 Å². The van der Waals surface area contributed by atoms with Crippen molar-refractivity contribution in [3.8, 4) is 17.0 Å². The zero-order valence-corrected chi connectivity index (χ0v) is 16.6. The molecule has 0 radical (unpaired) electrons. The molecule has 1 atom stereocenters. The lowest BCUT2D eigenvalue weighted by Crippen LogP contribution is -2.48. The zero-order chi connectivity index (χ0) is 19.6. The second-order valence-electron chi connectivity index (χ2n) is 6.89. The average molecular weight is 404 g/mol. The summed E-state index contributed by atoms with van der Waals surface area (Å²) in [6, 6.07) is 7.58. The van der Waals surface area contributed by atoms with E-state index in [0.717, 1.165) is 24.2 Å². The lowest BCUT2D eigenvalue weighted by Gasteiger charge is -2.34. The summed E-state index contributed by atoms with van der Waals surface area (Å²) in [4.78, 5) is 8.97. The maximum Gasteiger partial charge on any atom is 0.282 e. The Morgan fingerprint density at radius 1 is 1.14 bits per heavy atom. The molecule has 0 amide bonds. The third-order valence-electron chi connectivity index (χ3n) is 5.10. The molecule has 1 aromatic heterocycles. The number of rotatable bonds is 5. The number of benzene rings is 1. The van der Waals surface area contributed by atoms with Crippen molar-refractivity contribution in [1.29, 1.82) is 0 Å². The van der Waals surface area contributed by atoms with E-state index in [1.54, 1.807) is 23.8 Å². The molecule has 8 nitrogen and oxygen atoms in total. The number of hydrogen-bond donors (Lipinski definition) is 0. The quantitative estimate of drug-likeness (QED) is 0.756. The summed E-state index contributed by atoms with van der Waals surface area (Å²) in [5, 5.41) is 0. The summed E-state index contributed by atoms with van der Waals surface area (Å²) in [6.45, 7) is 2.13. The van der Waals surface area contributed by atoms with Gasteiger partial charge in [-0.25, -0.2) is 4.98 Å². The number of methoxy groups -OCH3 is 1. The van der Waals surface area contributed by atoms with Crippen LogP contribution >= 0.6 is 0 Å². The number of aromatic nitrogens is 2. The van der Waals surface area contributed by atoms with Crippen molar-refractivity contribution in [2.45, 2.75) is 18.9 Å². The van der Waals surface area contributed by atoms with Crippen LogP contribution in [-0.4, -0.2) is 66.9 Å². The molecule has 1 aromatic carbocycles. The number of morpholine rings is 1. The van der Waals surface area contributed by atoms with Gasteiger partial charge in [-0.2, -0.15) is 17.0 Å². The topological polar surface area (TPSA) is 84.9 Å². The van der Waals surface area contributed by atoms with Gasteiger partial charge >= 0.3 is 0 Å². The van der Waals surface area contributed by atoms with Crippen molar-refractivity contribution in [2.75, 3.05) is 39.9 Å². The molecule has 0 bridgehead atoms. The second-order valence-corrected chi connectivity index (χ2v) is 8.82. The normalized spacial score (nSPS) is 21.7. The largest absolute Gasteiger partial charge is 0.497 e. The highest BCUT2D eigenvalue weighted by molar-refractivity contribution is 7.86. The lowest BCUT2D eigenvalue weighted by atomic mass is 10.1. The summed E-state index contributed by atoms with van der Waals surface area (Å²) in [5.74, 6) is 0.738. The monoisotopic (exact) mass is 404 g/mol. The standard InChI is InChI=1S/C19H24N4O4S/c1-26-16-6-4-5-15(11-16)17-12-20-13-18(21-17)19-14-23(9-10-27-19)28(24,25)22-7-2-3-8-22/h4-6,11-13,19H,2-3,7-10,14H2,1H3/t19-/m1/s1. The first kappa shape index (κ1) is 19.3. The van der Waals surface area contributed by atoms with E-state index in [1.807, 2.05) is 24.3 Å². The van der Waals surface area contributed by atoms with Gasteiger partial charge in [-0.15, -0.1) is 0 Å². The van der Waals surface area contributed by atoms with Crippen LogP contribution in [0.15, 0.2) is 36.7 Å². The Hall–Kier alpha value is -2.07. The summed E-state index contributed by atoms with van der Waals surface area (Å²) in [5.41, 5.74) is 2.20. The molecule has 0 aliphatic carbocycles.